The Bertz CT molecular complexity index is 467. The van der Waals surface area contributed by atoms with E-state index in [1.165, 1.54) is 22.4 Å². The first-order valence-electron chi connectivity index (χ1n) is 5.86. The molecule has 17 heavy (non-hydrogen) atoms. The molecule has 4 heteroatoms. The van der Waals surface area contributed by atoms with Crippen LogP contribution in [0.2, 0.25) is 0 Å². The average molecular weight is 266 g/mol. The number of nitrogens with zero attached hydrogens (tertiary/aromatic N) is 1. The van der Waals surface area contributed by atoms with E-state index in [0.717, 1.165) is 12.1 Å². The number of pyridine rings is 1. The fraction of sp³-hybridized carbons (Fsp3) is 0.462. The molecule has 2 rings (SSSR count). The number of thioether (sulfide) groups is 1. The Hall–Kier alpha value is -0.580. The topological polar surface area (TPSA) is 24.9 Å². The molecular formula is C13H18N2S2. The fourth-order valence-electron chi connectivity index (χ4n) is 1.75. The Labute approximate surface area is 111 Å². The SMILES string of the molecule is CSCCCNC(C)c1cnc2ccsc2c1. The van der Waals surface area contributed by atoms with Gasteiger partial charge in [0, 0.05) is 12.2 Å². The van der Waals surface area contributed by atoms with E-state index in [2.05, 4.69) is 41.0 Å². The van der Waals surface area contributed by atoms with Gasteiger partial charge in [-0.2, -0.15) is 11.8 Å². The zero-order valence-electron chi connectivity index (χ0n) is 10.3. The van der Waals surface area contributed by atoms with Gasteiger partial charge in [-0.05, 0) is 55.0 Å². The highest BCUT2D eigenvalue weighted by molar-refractivity contribution is 7.98. The van der Waals surface area contributed by atoms with E-state index < -0.39 is 0 Å². The third-order valence-electron chi connectivity index (χ3n) is 2.80. The molecule has 2 aromatic rings. The van der Waals surface area contributed by atoms with E-state index in [1.807, 2.05) is 18.0 Å². The lowest BCUT2D eigenvalue weighted by atomic mass is 10.1. The molecule has 0 aliphatic heterocycles. The molecule has 0 spiro atoms. The van der Waals surface area contributed by atoms with E-state index >= 15 is 0 Å². The molecule has 0 saturated carbocycles. The van der Waals surface area contributed by atoms with Gasteiger partial charge in [-0.25, -0.2) is 0 Å². The van der Waals surface area contributed by atoms with Crippen LogP contribution in [-0.4, -0.2) is 23.5 Å². The Morgan fingerprint density at radius 2 is 2.41 bits per heavy atom. The van der Waals surface area contributed by atoms with Crippen LogP contribution < -0.4 is 5.32 Å². The minimum atomic E-state index is 0.385. The van der Waals surface area contributed by atoms with Crippen LogP contribution in [0.25, 0.3) is 10.2 Å². The first-order chi connectivity index (χ1) is 8.31. The minimum absolute atomic E-state index is 0.385. The molecule has 0 aliphatic rings. The van der Waals surface area contributed by atoms with Gasteiger partial charge in [0.25, 0.3) is 0 Å². The number of fused-ring (bicyclic) bond motifs is 1. The molecule has 2 nitrogen and oxygen atoms in total. The van der Waals surface area contributed by atoms with Gasteiger partial charge in [-0.1, -0.05) is 0 Å². The highest BCUT2D eigenvalue weighted by Crippen LogP contribution is 2.22. The predicted octanol–water partition coefficient (Wildman–Crippen LogP) is 3.70. The third-order valence-corrected chi connectivity index (χ3v) is 4.35. The summed E-state index contributed by atoms with van der Waals surface area (Å²) >= 11 is 3.66. The van der Waals surface area contributed by atoms with Crippen LogP contribution in [0.4, 0.5) is 0 Å². The predicted molar refractivity (Wildman–Crippen MR) is 79.0 cm³/mol. The Morgan fingerprint density at radius 1 is 1.53 bits per heavy atom. The Morgan fingerprint density at radius 3 is 3.24 bits per heavy atom. The summed E-state index contributed by atoms with van der Waals surface area (Å²) < 4.78 is 1.28. The summed E-state index contributed by atoms with van der Waals surface area (Å²) in [7, 11) is 0. The van der Waals surface area contributed by atoms with Gasteiger partial charge in [0.05, 0.1) is 10.2 Å². The maximum Gasteiger partial charge on any atom is 0.0809 e. The van der Waals surface area contributed by atoms with Crippen molar-refractivity contribution in [2.24, 2.45) is 0 Å². The van der Waals surface area contributed by atoms with Crippen molar-refractivity contribution in [2.45, 2.75) is 19.4 Å². The van der Waals surface area contributed by atoms with E-state index in [4.69, 9.17) is 0 Å². The number of hydrogen-bond acceptors (Lipinski definition) is 4. The molecule has 92 valence electrons. The number of nitrogens with one attached hydrogen (secondary N) is 1. The normalized spacial score (nSPS) is 13.1. The van der Waals surface area contributed by atoms with Crippen molar-refractivity contribution >= 4 is 33.3 Å². The Balaban J connectivity index is 1.95. The van der Waals surface area contributed by atoms with Crippen molar-refractivity contribution in [1.82, 2.24) is 10.3 Å². The largest absolute Gasteiger partial charge is 0.310 e. The highest BCUT2D eigenvalue weighted by atomic mass is 32.2. The molecule has 0 bridgehead atoms. The molecule has 1 unspecified atom stereocenters. The van der Waals surface area contributed by atoms with Crippen LogP contribution in [-0.2, 0) is 0 Å². The smallest absolute Gasteiger partial charge is 0.0809 e. The Kier molecular flexibility index (Phi) is 4.83. The lowest BCUT2D eigenvalue weighted by molar-refractivity contribution is 0.572. The molecule has 0 saturated heterocycles. The summed E-state index contributed by atoms with van der Waals surface area (Å²) in [6.45, 7) is 3.28. The van der Waals surface area contributed by atoms with Gasteiger partial charge in [-0.3, -0.25) is 4.98 Å². The van der Waals surface area contributed by atoms with E-state index in [1.54, 1.807) is 11.3 Å². The van der Waals surface area contributed by atoms with E-state index in [9.17, 15) is 0 Å². The van der Waals surface area contributed by atoms with Crippen molar-refractivity contribution in [3.8, 4) is 0 Å². The van der Waals surface area contributed by atoms with Gasteiger partial charge < -0.3 is 5.32 Å². The lowest BCUT2D eigenvalue weighted by Crippen LogP contribution is -2.20. The van der Waals surface area contributed by atoms with Crippen LogP contribution in [0, 0.1) is 0 Å². The van der Waals surface area contributed by atoms with Gasteiger partial charge in [0.1, 0.15) is 0 Å². The third kappa shape index (κ3) is 3.44. The summed E-state index contributed by atoms with van der Waals surface area (Å²) in [5, 5.41) is 5.64. The molecule has 1 N–H and O–H groups in total. The summed E-state index contributed by atoms with van der Waals surface area (Å²) in [4.78, 5) is 4.47. The zero-order valence-corrected chi connectivity index (χ0v) is 11.9. The number of rotatable bonds is 6. The monoisotopic (exact) mass is 266 g/mol. The summed E-state index contributed by atoms with van der Waals surface area (Å²) in [6.07, 6.45) is 5.36. The second kappa shape index (κ2) is 6.38. The first-order valence-corrected chi connectivity index (χ1v) is 8.14. The molecule has 0 amide bonds. The van der Waals surface area contributed by atoms with Crippen molar-refractivity contribution in [2.75, 3.05) is 18.6 Å². The second-order valence-corrected chi connectivity index (χ2v) is 6.03. The number of aromatic nitrogens is 1. The van der Waals surface area contributed by atoms with Crippen LogP contribution in [0.1, 0.15) is 24.9 Å². The maximum absolute atomic E-state index is 4.47. The molecule has 2 aromatic heterocycles. The van der Waals surface area contributed by atoms with Crippen LogP contribution >= 0.6 is 23.1 Å². The number of hydrogen-bond donors (Lipinski definition) is 1. The number of thiophene rings is 1. The fourth-order valence-corrected chi connectivity index (χ4v) is 2.97. The second-order valence-electron chi connectivity index (χ2n) is 4.09. The molecule has 2 heterocycles. The molecule has 0 aliphatic carbocycles. The van der Waals surface area contributed by atoms with Crippen molar-refractivity contribution in [3.05, 3.63) is 29.3 Å². The van der Waals surface area contributed by atoms with Crippen LogP contribution in [0.15, 0.2) is 23.7 Å². The van der Waals surface area contributed by atoms with E-state index in [0.29, 0.717) is 6.04 Å². The van der Waals surface area contributed by atoms with E-state index in [-0.39, 0.29) is 0 Å². The summed E-state index contributed by atoms with van der Waals surface area (Å²) in [6, 6.07) is 4.70. The van der Waals surface area contributed by atoms with Crippen molar-refractivity contribution in [1.29, 1.82) is 0 Å². The zero-order chi connectivity index (χ0) is 12.1. The van der Waals surface area contributed by atoms with Gasteiger partial charge in [-0.15, -0.1) is 11.3 Å². The van der Waals surface area contributed by atoms with Crippen molar-refractivity contribution < 1.29 is 0 Å². The molecule has 0 fully saturated rings. The average Bonchev–Trinajstić information content (AvgIpc) is 2.81. The molecular weight excluding hydrogens is 248 g/mol. The first kappa shape index (κ1) is 12.9. The minimum Gasteiger partial charge on any atom is -0.310 e. The lowest BCUT2D eigenvalue weighted by Gasteiger charge is -2.13. The molecule has 0 radical (unpaired) electrons. The standard InChI is InChI=1S/C13H18N2S2/c1-10(14-5-3-6-16-2)11-8-13-12(15-9-11)4-7-17-13/h4,7-10,14H,3,5-6H2,1-2H3. The highest BCUT2D eigenvalue weighted by Gasteiger charge is 2.06. The van der Waals surface area contributed by atoms with Crippen LogP contribution in [0.5, 0.6) is 0 Å². The van der Waals surface area contributed by atoms with Gasteiger partial charge >= 0.3 is 0 Å². The van der Waals surface area contributed by atoms with Crippen LogP contribution in [0.3, 0.4) is 0 Å². The van der Waals surface area contributed by atoms with Gasteiger partial charge in [0.15, 0.2) is 0 Å². The van der Waals surface area contributed by atoms with Crippen molar-refractivity contribution in [3.63, 3.8) is 0 Å². The quantitative estimate of drug-likeness (QED) is 0.807. The van der Waals surface area contributed by atoms with Gasteiger partial charge in [0.2, 0.25) is 0 Å². The summed E-state index contributed by atoms with van der Waals surface area (Å²) in [5.74, 6) is 1.22. The molecule has 1 atom stereocenters. The summed E-state index contributed by atoms with van der Waals surface area (Å²) in [5.41, 5.74) is 2.39. The molecule has 0 aromatic carbocycles. The maximum atomic E-state index is 4.47.